The van der Waals surface area contributed by atoms with Gasteiger partial charge in [-0.25, -0.2) is 4.79 Å². The number of nitrogens with one attached hydrogen (secondary N) is 1. The van der Waals surface area contributed by atoms with Crippen LogP contribution in [0.1, 0.15) is 16.7 Å². The molecule has 2 aliphatic rings. The van der Waals surface area contributed by atoms with Crippen LogP contribution in [-0.2, 0) is 17.6 Å². The van der Waals surface area contributed by atoms with Gasteiger partial charge < -0.3 is 5.32 Å². The van der Waals surface area contributed by atoms with Crippen molar-refractivity contribution in [3.8, 4) is 6.07 Å². The number of amides is 2. The predicted molar refractivity (Wildman–Crippen MR) is 114 cm³/mol. The molecule has 1 aliphatic carbocycles. The van der Waals surface area contributed by atoms with E-state index in [9.17, 15) is 10.1 Å². The maximum absolute atomic E-state index is 12.8. The Morgan fingerprint density at radius 2 is 2.03 bits per heavy atom. The van der Waals surface area contributed by atoms with Gasteiger partial charge in [-0.2, -0.15) is 5.26 Å². The molecule has 0 saturated heterocycles. The molecular formula is C23H18N4OS. The van der Waals surface area contributed by atoms with Crippen LogP contribution in [0, 0.1) is 11.3 Å². The minimum atomic E-state index is -0.597. The Hall–Kier alpha value is -3.30. The summed E-state index contributed by atoms with van der Waals surface area (Å²) in [6, 6.07) is 20.2. The Morgan fingerprint density at radius 1 is 1.17 bits per heavy atom. The van der Waals surface area contributed by atoms with E-state index in [2.05, 4.69) is 22.4 Å². The summed E-state index contributed by atoms with van der Waals surface area (Å²) in [5, 5.41) is 12.9. The van der Waals surface area contributed by atoms with Crippen LogP contribution in [0.4, 0.5) is 16.2 Å². The molecule has 5 rings (SSSR count). The van der Waals surface area contributed by atoms with Crippen molar-refractivity contribution in [3.05, 3.63) is 83.7 Å². The first-order valence-corrected chi connectivity index (χ1v) is 10.3. The molecule has 1 aliphatic heterocycles. The monoisotopic (exact) mass is 398 g/mol. The third-order valence-corrected chi connectivity index (χ3v) is 6.76. The summed E-state index contributed by atoms with van der Waals surface area (Å²) in [6.45, 7) is 0.635. The Morgan fingerprint density at radius 3 is 2.79 bits per heavy atom. The van der Waals surface area contributed by atoms with Crippen molar-refractivity contribution in [3.63, 3.8) is 0 Å². The van der Waals surface area contributed by atoms with E-state index in [1.807, 2.05) is 42.5 Å². The van der Waals surface area contributed by atoms with Crippen molar-refractivity contribution >= 4 is 29.2 Å². The molecule has 1 atom stereocenters. The number of urea groups is 1. The molecule has 0 fully saturated rings. The average Bonchev–Trinajstić information content (AvgIpc) is 3.16. The van der Waals surface area contributed by atoms with Gasteiger partial charge in [-0.3, -0.25) is 9.88 Å². The Labute approximate surface area is 173 Å². The normalized spacial score (nSPS) is 18.9. The van der Waals surface area contributed by atoms with Gasteiger partial charge in [-0.05, 0) is 53.4 Å². The molecule has 3 aromatic rings. The lowest BCUT2D eigenvalue weighted by atomic mass is 9.76. The molecule has 2 heterocycles. The number of nitrogens with zero attached hydrogens (tertiary/aromatic N) is 3. The van der Waals surface area contributed by atoms with Gasteiger partial charge in [0.25, 0.3) is 0 Å². The van der Waals surface area contributed by atoms with Gasteiger partial charge in [0.2, 0.25) is 0 Å². The van der Waals surface area contributed by atoms with E-state index in [1.54, 1.807) is 35.1 Å². The molecule has 0 saturated carbocycles. The summed E-state index contributed by atoms with van der Waals surface area (Å²) < 4.78 is -0.597. The summed E-state index contributed by atoms with van der Waals surface area (Å²) in [6.07, 6.45) is 4.86. The predicted octanol–water partition coefficient (Wildman–Crippen LogP) is 4.74. The third kappa shape index (κ3) is 3.04. The van der Waals surface area contributed by atoms with Crippen molar-refractivity contribution < 1.29 is 4.79 Å². The lowest BCUT2D eigenvalue weighted by molar-refractivity contribution is 0.257. The average molecular weight is 398 g/mol. The van der Waals surface area contributed by atoms with Crippen molar-refractivity contribution in [2.45, 2.75) is 22.5 Å². The molecule has 142 valence electrons. The SMILES string of the molecule is N#CC1(Sc2ccccc2)Cc2cc3c(cc21)N(C(=O)Nc1cccnc1)CC3. The van der Waals surface area contributed by atoms with Gasteiger partial charge in [0.15, 0.2) is 0 Å². The number of rotatable bonds is 3. The number of fused-ring (bicyclic) bond motifs is 2. The molecule has 1 N–H and O–H groups in total. The number of carbonyl (C=O) groups excluding carboxylic acids is 1. The molecule has 0 bridgehead atoms. The molecule has 2 amide bonds. The highest BCUT2D eigenvalue weighted by molar-refractivity contribution is 8.00. The molecule has 6 heteroatoms. The fourth-order valence-corrected chi connectivity index (χ4v) is 5.28. The van der Waals surface area contributed by atoms with Crippen LogP contribution in [0.3, 0.4) is 0 Å². The number of nitriles is 1. The Kier molecular flexibility index (Phi) is 4.26. The second kappa shape index (κ2) is 6.94. The zero-order valence-electron chi connectivity index (χ0n) is 15.6. The summed E-state index contributed by atoms with van der Waals surface area (Å²) >= 11 is 1.59. The zero-order chi connectivity index (χ0) is 19.8. The molecule has 1 unspecified atom stereocenters. The number of benzene rings is 2. The van der Waals surface area contributed by atoms with Crippen LogP contribution in [0.2, 0.25) is 0 Å². The van der Waals surface area contributed by atoms with Crippen molar-refractivity contribution in [1.82, 2.24) is 4.98 Å². The van der Waals surface area contributed by atoms with E-state index in [-0.39, 0.29) is 6.03 Å². The topological polar surface area (TPSA) is 69.0 Å². The van der Waals surface area contributed by atoms with Crippen LogP contribution >= 0.6 is 11.8 Å². The molecule has 0 radical (unpaired) electrons. The fourth-order valence-electron chi connectivity index (χ4n) is 4.01. The van der Waals surface area contributed by atoms with E-state index in [0.717, 1.165) is 29.0 Å². The van der Waals surface area contributed by atoms with E-state index in [0.29, 0.717) is 12.2 Å². The van der Waals surface area contributed by atoms with Gasteiger partial charge in [-0.1, -0.05) is 36.0 Å². The number of hydrogen-bond acceptors (Lipinski definition) is 4. The number of aromatic nitrogens is 1. The van der Waals surface area contributed by atoms with Crippen LogP contribution in [0.15, 0.2) is 71.9 Å². The fraction of sp³-hybridized carbons (Fsp3) is 0.174. The maximum Gasteiger partial charge on any atom is 0.326 e. The highest BCUT2D eigenvalue weighted by Gasteiger charge is 2.46. The molecule has 2 aromatic carbocycles. The number of carbonyl (C=O) groups is 1. The third-order valence-electron chi connectivity index (χ3n) is 5.45. The van der Waals surface area contributed by atoms with Crippen molar-refractivity contribution in [2.75, 3.05) is 16.8 Å². The van der Waals surface area contributed by atoms with Crippen LogP contribution in [-0.4, -0.2) is 17.6 Å². The molecule has 1 aromatic heterocycles. The number of anilines is 2. The molecule has 0 spiro atoms. The summed E-state index contributed by atoms with van der Waals surface area (Å²) in [5.41, 5.74) is 4.97. The lowest BCUT2D eigenvalue weighted by Crippen LogP contribution is -2.36. The van der Waals surface area contributed by atoms with E-state index in [1.165, 1.54) is 11.1 Å². The van der Waals surface area contributed by atoms with Gasteiger partial charge in [0, 0.05) is 29.7 Å². The van der Waals surface area contributed by atoms with E-state index >= 15 is 0 Å². The van der Waals surface area contributed by atoms with Gasteiger partial charge in [-0.15, -0.1) is 0 Å². The largest absolute Gasteiger partial charge is 0.326 e. The van der Waals surface area contributed by atoms with Gasteiger partial charge in [0.1, 0.15) is 4.75 Å². The first-order valence-electron chi connectivity index (χ1n) is 9.49. The van der Waals surface area contributed by atoms with E-state index < -0.39 is 4.75 Å². The Balaban J connectivity index is 1.44. The lowest BCUT2D eigenvalue weighted by Gasteiger charge is -2.38. The molecule has 5 nitrogen and oxygen atoms in total. The first-order chi connectivity index (χ1) is 14.2. The van der Waals surface area contributed by atoms with E-state index in [4.69, 9.17) is 0 Å². The minimum Gasteiger partial charge on any atom is -0.306 e. The minimum absolute atomic E-state index is 0.172. The van der Waals surface area contributed by atoms with Crippen LogP contribution in [0.5, 0.6) is 0 Å². The highest BCUT2D eigenvalue weighted by Crippen LogP contribution is 2.54. The first kappa shape index (κ1) is 17.8. The number of hydrogen-bond donors (Lipinski definition) is 1. The maximum atomic E-state index is 12.8. The number of pyridine rings is 1. The summed E-state index contributed by atoms with van der Waals surface area (Å²) in [4.78, 5) is 19.7. The summed E-state index contributed by atoms with van der Waals surface area (Å²) in [5.74, 6) is 0. The number of thioether (sulfide) groups is 1. The Bertz CT molecular complexity index is 1130. The smallest absolute Gasteiger partial charge is 0.306 e. The summed E-state index contributed by atoms with van der Waals surface area (Å²) in [7, 11) is 0. The van der Waals surface area contributed by atoms with Crippen LogP contribution < -0.4 is 10.2 Å². The standard InChI is InChI=1S/C23H18N4OS/c24-15-23(29-19-6-2-1-3-7-19)13-17-11-16-8-10-27(21(16)12-20(17)23)22(28)26-18-5-4-9-25-14-18/h1-7,9,11-12,14H,8,10,13H2,(H,26,28). The van der Waals surface area contributed by atoms with Crippen molar-refractivity contribution in [2.24, 2.45) is 0 Å². The second-order valence-corrected chi connectivity index (χ2v) is 8.61. The second-order valence-electron chi connectivity index (χ2n) is 7.24. The molecule has 29 heavy (non-hydrogen) atoms. The quantitative estimate of drug-likeness (QED) is 0.692. The molecular weight excluding hydrogens is 380 g/mol. The highest BCUT2D eigenvalue weighted by atomic mass is 32.2. The van der Waals surface area contributed by atoms with Gasteiger partial charge >= 0.3 is 6.03 Å². The van der Waals surface area contributed by atoms with Crippen molar-refractivity contribution in [1.29, 1.82) is 5.26 Å². The van der Waals surface area contributed by atoms with Gasteiger partial charge in [0.05, 0.1) is 18.0 Å². The zero-order valence-corrected chi connectivity index (χ0v) is 16.4. The van der Waals surface area contributed by atoms with Crippen LogP contribution in [0.25, 0.3) is 0 Å².